The van der Waals surface area contributed by atoms with Crippen molar-refractivity contribution in [2.24, 2.45) is 0 Å². The number of rotatable bonds is 9. The maximum atomic E-state index is 8.81. The van der Waals surface area contributed by atoms with Gasteiger partial charge in [0.15, 0.2) is 11.5 Å². The van der Waals surface area contributed by atoms with Crippen molar-refractivity contribution in [2.75, 3.05) is 20.3 Å². The molecule has 0 saturated heterocycles. The number of benzene rings is 2. The summed E-state index contributed by atoms with van der Waals surface area (Å²) in [6.07, 6.45) is 0.732. The molecule has 2 rings (SSSR count). The second-order valence-electron chi connectivity index (χ2n) is 5.27. The third-order valence-electron chi connectivity index (χ3n) is 3.44. The van der Waals surface area contributed by atoms with Crippen LogP contribution in [0.5, 0.6) is 11.5 Å². The molecule has 2 aromatic rings. The number of aliphatic hydroxyl groups is 1. The minimum absolute atomic E-state index is 0.188. The predicted molar refractivity (Wildman–Crippen MR) is 99.9 cm³/mol. The SMILES string of the molecule is COc1cc(CNCCCO)c(Br)cc1OCc1cccc(Cl)c1. The van der Waals surface area contributed by atoms with E-state index in [0.717, 1.165) is 28.6 Å². The normalized spacial score (nSPS) is 10.7. The molecule has 2 N–H and O–H groups in total. The van der Waals surface area contributed by atoms with Crippen molar-refractivity contribution in [3.05, 3.63) is 57.0 Å². The van der Waals surface area contributed by atoms with Crippen LogP contribution in [-0.4, -0.2) is 25.4 Å². The lowest BCUT2D eigenvalue weighted by Gasteiger charge is -2.14. The minimum atomic E-state index is 0.188. The molecule has 0 atom stereocenters. The van der Waals surface area contributed by atoms with E-state index in [4.69, 9.17) is 26.2 Å². The molecule has 0 fully saturated rings. The van der Waals surface area contributed by atoms with Crippen LogP contribution in [0.4, 0.5) is 0 Å². The van der Waals surface area contributed by atoms with E-state index in [1.807, 2.05) is 36.4 Å². The first-order chi connectivity index (χ1) is 11.6. The molecular formula is C18H21BrClNO3. The summed E-state index contributed by atoms with van der Waals surface area (Å²) in [7, 11) is 1.62. The fourth-order valence-electron chi connectivity index (χ4n) is 2.20. The zero-order valence-electron chi connectivity index (χ0n) is 13.5. The van der Waals surface area contributed by atoms with E-state index >= 15 is 0 Å². The van der Waals surface area contributed by atoms with Gasteiger partial charge in [0.25, 0.3) is 0 Å². The van der Waals surface area contributed by atoms with Crippen molar-refractivity contribution < 1.29 is 14.6 Å². The molecule has 4 nitrogen and oxygen atoms in total. The van der Waals surface area contributed by atoms with Crippen LogP contribution in [0.2, 0.25) is 5.02 Å². The van der Waals surface area contributed by atoms with Gasteiger partial charge in [0, 0.05) is 22.6 Å². The van der Waals surface area contributed by atoms with Crippen LogP contribution in [0, 0.1) is 0 Å². The summed E-state index contributed by atoms with van der Waals surface area (Å²) >= 11 is 9.56. The van der Waals surface area contributed by atoms with Crippen LogP contribution in [0.3, 0.4) is 0 Å². The highest BCUT2D eigenvalue weighted by Crippen LogP contribution is 2.34. The van der Waals surface area contributed by atoms with E-state index in [9.17, 15) is 0 Å². The molecule has 0 aromatic heterocycles. The van der Waals surface area contributed by atoms with Gasteiger partial charge in [0.2, 0.25) is 0 Å². The van der Waals surface area contributed by atoms with Crippen LogP contribution >= 0.6 is 27.5 Å². The monoisotopic (exact) mass is 413 g/mol. The van der Waals surface area contributed by atoms with Gasteiger partial charge in [-0.15, -0.1) is 0 Å². The van der Waals surface area contributed by atoms with Crippen LogP contribution < -0.4 is 14.8 Å². The first kappa shape index (κ1) is 19.1. The summed E-state index contributed by atoms with van der Waals surface area (Å²) in [5.41, 5.74) is 2.07. The van der Waals surface area contributed by atoms with Crippen molar-refractivity contribution in [1.82, 2.24) is 5.32 Å². The number of halogens is 2. The van der Waals surface area contributed by atoms with Crippen LogP contribution in [-0.2, 0) is 13.2 Å². The molecule has 0 spiro atoms. The zero-order valence-corrected chi connectivity index (χ0v) is 15.9. The fourth-order valence-corrected chi connectivity index (χ4v) is 2.88. The predicted octanol–water partition coefficient (Wildman–Crippen LogP) is 4.16. The smallest absolute Gasteiger partial charge is 0.162 e. The van der Waals surface area contributed by atoms with E-state index in [1.165, 1.54) is 0 Å². The Kier molecular flexibility index (Phi) is 7.85. The molecule has 0 unspecified atom stereocenters. The summed E-state index contributed by atoms with van der Waals surface area (Å²) in [5.74, 6) is 1.35. The lowest BCUT2D eigenvalue weighted by molar-refractivity contribution is 0.283. The van der Waals surface area contributed by atoms with Crippen LogP contribution in [0.1, 0.15) is 17.5 Å². The molecule has 24 heavy (non-hydrogen) atoms. The fraction of sp³-hybridized carbons (Fsp3) is 0.333. The molecule has 0 saturated carbocycles. The molecule has 0 bridgehead atoms. The number of aliphatic hydroxyl groups excluding tert-OH is 1. The van der Waals surface area contributed by atoms with E-state index in [2.05, 4.69) is 21.2 Å². The second kappa shape index (κ2) is 9.89. The Bertz CT molecular complexity index is 667. The Morgan fingerprint density at radius 1 is 1.21 bits per heavy atom. The van der Waals surface area contributed by atoms with Gasteiger partial charge in [-0.1, -0.05) is 39.7 Å². The molecule has 0 aliphatic heterocycles. The van der Waals surface area contributed by atoms with Gasteiger partial charge < -0.3 is 19.9 Å². The van der Waals surface area contributed by atoms with E-state index < -0.39 is 0 Å². The maximum Gasteiger partial charge on any atom is 0.162 e. The number of methoxy groups -OCH3 is 1. The summed E-state index contributed by atoms with van der Waals surface area (Å²) < 4.78 is 12.3. The molecule has 130 valence electrons. The summed E-state index contributed by atoms with van der Waals surface area (Å²) in [6.45, 7) is 2.05. The second-order valence-corrected chi connectivity index (χ2v) is 6.56. The van der Waals surface area contributed by atoms with Gasteiger partial charge in [0.05, 0.1) is 7.11 Å². The van der Waals surface area contributed by atoms with Crippen molar-refractivity contribution >= 4 is 27.5 Å². The molecular weight excluding hydrogens is 394 g/mol. The molecule has 0 heterocycles. The minimum Gasteiger partial charge on any atom is -0.493 e. The third-order valence-corrected chi connectivity index (χ3v) is 4.42. The van der Waals surface area contributed by atoms with Gasteiger partial charge in [-0.3, -0.25) is 0 Å². The van der Waals surface area contributed by atoms with Crippen molar-refractivity contribution in [2.45, 2.75) is 19.6 Å². The summed E-state index contributed by atoms with van der Waals surface area (Å²) in [6, 6.07) is 11.4. The Balaban J connectivity index is 2.05. The van der Waals surface area contributed by atoms with Crippen LogP contribution in [0.15, 0.2) is 40.9 Å². The molecule has 0 aliphatic rings. The number of ether oxygens (including phenoxy) is 2. The van der Waals surface area contributed by atoms with E-state index in [1.54, 1.807) is 7.11 Å². The maximum absolute atomic E-state index is 8.81. The van der Waals surface area contributed by atoms with E-state index in [0.29, 0.717) is 29.7 Å². The van der Waals surface area contributed by atoms with Crippen molar-refractivity contribution in [3.8, 4) is 11.5 Å². The standard InChI is InChI=1S/C18H21BrClNO3/c1-23-17-9-14(11-21-6-3-7-22)16(19)10-18(17)24-12-13-4-2-5-15(20)8-13/h2,4-5,8-10,21-22H,3,6-7,11-12H2,1H3. The molecule has 6 heteroatoms. The molecule has 2 aromatic carbocycles. The highest BCUT2D eigenvalue weighted by Gasteiger charge is 2.10. The number of hydrogen-bond acceptors (Lipinski definition) is 4. The Hall–Kier alpha value is -1.27. The Morgan fingerprint density at radius 3 is 2.75 bits per heavy atom. The quantitative estimate of drug-likeness (QED) is 0.605. The highest BCUT2D eigenvalue weighted by atomic mass is 79.9. The number of nitrogens with one attached hydrogen (secondary N) is 1. The van der Waals surface area contributed by atoms with E-state index in [-0.39, 0.29) is 6.61 Å². The lowest BCUT2D eigenvalue weighted by atomic mass is 10.2. The van der Waals surface area contributed by atoms with Gasteiger partial charge >= 0.3 is 0 Å². The van der Waals surface area contributed by atoms with Gasteiger partial charge in [-0.25, -0.2) is 0 Å². The molecule has 0 amide bonds. The topological polar surface area (TPSA) is 50.7 Å². The third kappa shape index (κ3) is 5.67. The molecule has 0 radical (unpaired) electrons. The first-order valence-corrected chi connectivity index (χ1v) is 8.86. The number of hydrogen-bond donors (Lipinski definition) is 2. The average Bonchev–Trinajstić information content (AvgIpc) is 2.58. The van der Waals surface area contributed by atoms with Crippen LogP contribution in [0.25, 0.3) is 0 Å². The average molecular weight is 415 g/mol. The largest absolute Gasteiger partial charge is 0.493 e. The van der Waals surface area contributed by atoms with Gasteiger partial charge in [0.1, 0.15) is 6.61 Å². The van der Waals surface area contributed by atoms with Gasteiger partial charge in [-0.05, 0) is 48.4 Å². The van der Waals surface area contributed by atoms with Crippen molar-refractivity contribution in [1.29, 1.82) is 0 Å². The summed E-state index contributed by atoms with van der Waals surface area (Å²) in [4.78, 5) is 0. The first-order valence-electron chi connectivity index (χ1n) is 7.69. The molecule has 0 aliphatic carbocycles. The lowest BCUT2D eigenvalue weighted by Crippen LogP contribution is -2.16. The zero-order chi connectivity index (χ0) is 17.4. The van der Waals surface area contributed by atoms with Crippen molar-refractivity contribution in [3.63, 3.8) is 0 Å². The summed E-state index contributed by atoms with van der Waals surface area (Å²) in [5, 5.41) is 12.8. The Labute approximate surface area is 155 Å². The highest BCUT2D eigenvalue weighted by molar-refractivity contribution is 9.10. The van der Waals surface area contributed by atoms with Gasteiger partial charge in [-0.2, -0.15) is 0 Å². The Morgan fingerprint density at radius 2 is 2.04 bits per heavy atom.